The van der Waals surface area contributed by atoms with Gasteiger partial charge in [-0.3, -0.25) is 0 Å². The Morgan fingerprint density at radius 2 is 2.08 bits per heavy atom. The molecular formula is C14H13F2LiN6O2. The Hall–Kier alpha value is -2.05. The molecule has 0 bridgehead atoms. The van der Waals surface area contributed by atoms with E-state index in [2.05, 4.69) is 20.3 Å². The van der Waals surface area contributed by atoms with Gasteiger partial charge < -0.3 is 14.8 Å². The number of carboxylic acid groups (broad SMARTS) is 1. The van der Waals surface area contributed by atoms with Crippen molar-refractivity contribution in [2.45, 2.75) is 19.4 Å². The molecule has 8 nitrogen and oxygen atoms in total. The third kappa shape index (κ3) is 3.00. The summed E-state index contributed by atoms with van der Waals surface area (Å²) >= 11 is 0. The molecule has 4 rings (SSSR count). The molecule has 1 saturated heterocycles. The van der Waals surface area contributed by atoms with Crippen LogP contribution in [0.15, 0.2) is 12.4 Å². The van der Waals surface area contributed by atoms with Crippen molar-refractivity contribution < 1.29 is 37.5 Å². The Kier molecular flexibility index (Phi) is 4.29. The van der Waals surface area contributed by atoms with Crippen molar-refractivity contribution in [3.63, 3.8) is 0 Å². The molecule has 2 fully saturated rings. The van der Waals surface area contributed by atoms with E-state index in [0.717, 1.165) is 5.56 Å². The SMILES string of the molecule is Cc1nc(N2CC3C(C2)C3(F)F)ncc1Cn1cc(C(=O)[O-])nn1.[Li+]. The average Bonchev–Trinajstić information content (AvgIpc) is 3.00. The fourth-order valence-electron chi connectivity index (χ4n) is 3.10. The number of aromatic carboxylic acids is 1. The van der Waals surface area contributed by atoms with Gasteiger partial charge in [0, 0.05) is 30.5 Å². The van der Waals surface area contributed by atoms with Gasteiger partial charge in [-0.05, 0) is 6.92 Å². The zero-order valence-electron chi connectivity index (χ0n) is 13.7. The van der Waals surface area contributed by atoms with Crippen LogP contribution in [0, 0.1) is 18.8 Å². The quantitative estimate of drug-likeness (QED) is 0.532. The number of carbonyl (C=O) groups is 1. The minimum absolute atomic E-state index is 0. The zero-order chi connectivity index (χ0) is 17.1. The molecule has 1 aliphatic carbocycles. The van der Waals surface area contributed by atoms with E-state index in [9.17, 15) is 18.7 Å². The molecule has 3 heterocycles. The van der Waals surface area contributed by atoms with Gasteiger partial charge in [0.1, 0.15) is 5.69 Å². The summed E-state index contributed by atoms with van der Waals surface area (Å²) in [6.45, 7) is 2.58. The molecule has 0 radical (unpaired) electrons. The third-order valence-electron chi connectivity index (χ3n) is 4.63. The minimum atomic E-state index is -2.53. The molecule has 1 aliphatic heterocycles. The number of hydrogen-bond acceptors (Lipinski definition) is 7. The van der Waals surface area contributed by atoms with Crippen LogP contribution in [0.1, 0.15) is 21.7 Å². The maximum absolute atomic E-state index is 13.2. The smallest absolute Gasteiger partial charge is 0.543 e. The molecule has 2 atom stereocenters. The van der Waals surface area contributed by atoms with Crippen LogP contribution in [-0.4, -0.2) is 49.9 Å². The average molecular weight is 342 g/mol. The van der Waals surface area contributed by atoms with E-state index in [0.29, 0.717) is 11.6 Å². The van der Waals surface area contributed by atoms with Crippen LogP contribution in [0.3, 0.4) is 0 Å². The van der Waals surface area contributed by atoms with Crippen LogP contribution in [-0.2, 0) is 6.54 Å². The number of aromatic nitrogens is 5. The van der Waals surface area contributed by atoms with E-state index in [4.69, 9.17) is 0 Å². The predicted molar refractivity (Wildman–Crippen MR) is 74.4 cm³/mol. The number of rotatable bonds is 4. The molecule has 25 heavy (non-hydrogen) atoms. The van der Waals surface area contributed by atoms with Crippen molar-refractivity contribution in [2.24, 2.45) is 11.8 Å². The molecule has 0 aromatic carbocycles. The van der Waals surface area contributed by atoms with Crippen LogP contribution in [0.25, 0.3) is 0 Å². The van der Waals surface area contributed by atoms with Crippen LogP contribution in [0.4, 0.5) is 14.7 Å². The van der Waals surface area contributed by atoms with Gasteiger partial charge in [0.05, 0.1) is 30.5 Å². The molecule has 1 saturated carbocycles. The summed E-state index contributed by atoms with van der Waals surface area (Å²) in [7, 11) is 0. The fourth-order valence-corrected chi connectivity index (χ4v) is 3.10. The summed E-state index contributed by atoms with van der Waals surface area (Å²) in [5.74, 6) is -4.66. The summed E-state index contributed by atoms with van der Waals surface area (Å²) in [6, 6.07) is 0. The van der Waals surface area contributed by atoms with Gasteiger partial charge in [0.2, 0.25) is 5.95 Å². The van der Waals surface area contributed by atoms with E-state index < -0.39 is 23.7 Å². The third-order valence-corrected chi connectivity index (χ3v) is 4.63. The zero-order valence-corrected chi connectivity index (χ0v) is 13.7. The maximum atomic E-state index is 13.2. The van der Waals surface area contributed by atoms with E-state index >= 15 is 0 Å². The summed E-state index contributed by atoms with van der Waals surface area (Å²) in [6.07, 6.45) is 2.86. The number of nitrogens with zero attached hydrogens (tertiary/aromatic N) is 6. The molecule has 2 aromatic heterocycles. The number of carbonyl (C=O) groups excluding carboxylic acids is 1. The van der Waals surface area contributed by atoms with Crippen LogP contribution in [0.2, 0.25) is 0 Å². The molecule has 0 spiro atoms. The normalized spacial score (nSPS) is 23.1. The Bertz CT molecular complexity index is 815. The second kappa shape index (κ2) is 6.03. The van der Waals surface area contributed by atoms with Crippen molar-refractivity contribution in [3.05, 3.63) is 29.3 Å². The van der Waals surface area contributed by atoms with Gasteiger partial charge in [-0.25, -0.2) is 23.4 Å². The Balaban J connectivity index is 0.00000182. The van der Waals surface area contributed by atoms with Gasteiger partial charge in [-0.15, -0.1) is 5.10 Å². The first-order valence-corrected chi connectivity index (χ1v) is 7.43. The molecule has 11 heteroatoms. The number of anilines is 1. The Morgan fingerprint density at radius 1 is 1.40 bits per heavy atom. The number of halogens is 2. The van der Waals surface area contributed by atoms with Crippen molar-refractivity contribution in [2.75, 3.05) is 18.0 Å². The van der Waals surface area contributed by atoms with E-state index in [-0.39, 0.29) is 44.2 Å². The predicted octanol–water partition coefficient (Wildman–Crippen LogP) is -3.51. The van der Waals surface area contributed by atoms with Crippen molar-refractivity contribution in [3.8, 4) is 0 Å². The molecule has 126 valence electrons. The van der Waals surface area contributed by atoms with Crippen molar-refractivity contribution in [1.82, 2.24) is 25.0 Å². The monoisotopic (exact) mass is 342 g/mol. The summed E-state index contributed by atoms with van der Waals surface area (Å²) in [5, 5.41) is 17.9. The summed E-state index contributed by atoms with van der Waals surface area (Å²) < 4.78 is 27.8. The van der Waals surface area contributed by atoms with Gasteiger partial charge >= 0.3 is 18.9 Å². The summed E-state index contributed by atoms with van der Waals surface area (Å²) in [5.41, 5.74) is 1.17. The van der Waals surface area contributed by atoms with Gasteiger partial charge in [0.15, 0.2) is 0 Å². The molecular weight excluding hydrogens is 329 g/mol. The standard InChI is InChI=1S/C14H14F2N6O2.Li/c1-7-8(3-22-6-11(12(23)24)19-20-22)2-17-13(18-7)21-4-9-10(5-21)14(9,15)16;/h2,6,9-10H,3-5H2,1H3,(H,23,24);/q;+1/p-1. The first-order chi connectivity index (χ1) is 11.4. The Morgan fingerprint density at radius 3 is 2.64 bits per heavy atom. The number of piperidine rings is 1. The number of aryl methyl sites for hydroxylation is 1. The topological polar surface area (TPSA) is 99.9 Å². The minimum Gasteiger partial charge on any atom is -0.543 e. The maximum Gasteiger partial charge on any atom is 1.00 e. The van der Waals surface area contributed by atoms with Crippen molar-refractivity contribution in [1.29, 1.82) is 0 Å². The van der Waals surface area contributed by atoms with Gasteiger partial charge in [0.25, 0.3) is 5.92 Å². The van der Waals surface area contributed by atoms with Crippen molar-refractivity contribution >= 4 is 11.9 Å². The molecule has 2 unspecified atom stereocenters. The molecule has 0 N–H and O–H groups in total. The van der Waals surface area contributed by atoms with Gasteiger partial charge in [-0.1, -0.05) is 5.21 Å². The second-order valence-electron chi connectivity index (χ2n) is 6.16. The van der Waals surface area contributed by atoms with E-state index in [1.165, 1.54) is 10.9 Å². The molecule has 0 amide bonds. The largest absolute Gasteiger partial charge is 1.00 e. The Labute approximate surface area is 153 Å². The number of fused-ring (bicyclic) bond motifs is 1. The van der Waals surface area contributed by atoms with Crippen LogP contribution in [0.5, 0.6) is 0 Å². The first kappa shape index (κ1) is 17.8. The van der Waals surface area contributed by atoms with Crippen LogP contribution >= 0.6 is 0 Å². The van der Waals surface area contributed by atoms with E-state index in [1.54, 1.807) is 18.0 Å². The second-order valence-corrected chi connectivity index (χ2v) is 6.16. The molecule has 2 aliphatic rings. The van der Waals surface area contributed by atoms with Gasteiger partial charge in [-0.2, -0.15) is 0 Å². The number of carboxylic acids is 1. The fraction of sp³-hybridized carbons (Fsp3) is 0.500. The molecule has 2 aromatic rings. The summed E-state index contributed by atoms with van der Waals surface area (Å²) in [4.78, 5) is 21.1. The number of alkyl halides is 2. The first-order valence-electron chi connectivity index (χ1n) is 7.43. The van der Waals surface area contributed by atoms with Crippen LogP contribution < -0.4 is 28.9 Å². The van der Waals surface area contributed by atoms with E-state index in [1.807, 2.05) is 0 Å². The number of hydrogen-bond donors (Lipinski definition) is 0.